The second-order valence-electron chi connectivity index (χ2n) is 5.93. The summed E-state index contributed by atoms with van der Waals surface area (Å²) in [4.78, 5) is 11.5. The van der Waals surface area contributed by atoms with Crippen LogP contribution in [0, 0.1) is 6.92 Å². The molecule has 3 rings (SSSR count). The van der Waals surface area contributed by atoms with Gasteiger partial charge in [0.25, 0.3) is 0 Å². The van der Waals surface area contributed by atoms with Gasteiger partial charge in [0.2, 0.25) is 16.0 Å². The van der Waals surface area contributed by atoms with Crippen LogP contribution in [-0.4, -0.2) is 67.8 Å². The number of aryl methyl sites for hydroxylation is 1. The molecule has 0 spiro atoms. The van der Waals surface area contributed by atoms with E-state index in [-0.39, 0.29) is 5.75 Å². The summed E-state index contributed by atoms with van der Waals surface area (Å²) in [7, 11) is -3.15. The maximum atomic E-state index is 12.1. The molecule has 1 fully saturated rings. The molecular formula is C15H24N4O3S. The number of morpholine rings is 1. The van der Waals surface area contributed by atoms with Gasteiger partial charge in [0, 0.05) is 38.3 Å². The van der Waals surface area contributed by atoms with Crippen LogP contribution in [0.3, 0.4) is 0 Å². The smallest absolute Gasteiger partial charge is 0.225 e. The molecule has 2 aliphatic rings. The third kappa shape index (κ3) is 3.49. The Labute approximate surface area is 137 Å². The topological polar surface area (TPSA) is 75.6 Å². The van der Waals surface area contributed by atoms with E-state index in [1.54, 1.807) is 11.2 Å². The first kappa shape index (κ1) is 16.6. The Morgan fingerprint density at radius 1 is 1.09 bits per heavy atom. The molecule has 1 saturated heterocycles. The predicted octanol–water partition coefficient (Wildman–Crippen LogP) is 0.372. The van der Waals surface area contributed by atoms with Crippen molar-refractivity contribution in [2.45, 2.75) is 26.7 Å². The average Bonchev–Trinajstić information content (AvgIpc) is 2.79. The van der Waals surface area contributed by atoms with Crippen LogP contribution in [0.25, 0.3) is 0 Å². The zero-order valence-electron chi connectivity index (χ0n) is 13.8. The Kier molecular flexibility index (Phi) is 4.84. The number of hydrogen-bond acceptors (Lipinski definition) is 6. The van der Waals surface area contributed by atoms with Crippen LogP contribution >= 0.6 is 0 Å². The lowest BCUT2D eigenvalue weighted by Gasteiger charge is -2.27. The SMILES string of the molecule is CCS(=O)(=O)N1CCc2nc(N3CCOCC3)nc(C)c2CC1. The summed E-state index contributed by atoms with van der Waals surface area (Å²) in [6.45, 7) is 7.70. The van der Waals surface area contributed by atoms with Crippen LogP contribution in [0.1, 0.15) is 23.9 Å². The number of aromatic nitrogens is 2. The van der Waals surface area contributed by atoms with Gasteiger partial charge in [-0.2, -0.15) is 0 Å². The molecule has 0 saturated carbocycles. The molecule has 8 heteroatoms. The van der Waals surface area contributed by atoms with Gasteiger partial charge in [-0.05, 0) is 25.8 Å². The highest BCUT2D eigenvalue weighted by atomic mass is 32.2. The van der Waals surface area contributed by atoms with Gasteiger partial charge in [0.05, 0.1) is 24.7 Å². The fourth-order valence-electron chi connectivity index (χ4n) is 3.12. The van der Waals surface area contributed by atoms with E-state index in [1.807, 2.05) is 6.92 Å². The minimum absolute atomic E-state index is 0.146. The van der Waals surface area contributed by atoms with Gasteiger partial charge in [-0.3, -0.25) is 0 Å². The van der Waals surface area contributed by atoms with Crippen molar-refractivity contribution in [2.24, 2.45) is 0 Å². The highest BCUT2D eigenvalue weighted by Crippen LogP contribution is 2.22. The molecule has 0 unspecified atom stereocenters. The first-order valence-corrected chi connectivity index (χ1v) is 9.79. The molecule has 2 aliphatic heterocycles. The van der Waals surface area contributed by atoms with Gasteiger partial charge in [-0.1, -0.05) is 0 Å². The number of anilines is 1. The first-order chi connectivity index (χ1) is 11.0. The Hall–Kier alpha value is -1.25. The number of rotatable bonds is 3. The highest BCUT2D eigenvalue weighted by Gasteiger charge is 2.26. The number of fused-ring (bicyclic) bond motifs is 1. The van der Waals surface area contributed by atoms with Gasteiger partial charge in [0.1, 0.15) is 0 Å². The number of ether oxygens (including phenoxy) is 1. The molecule has 3 heterocycles. The molecule has 0 atom stereocenters. The number of nitrogens with zero attached hydrogens (tertiary/aromatic N) is 4. The molecule has 0 N–H and O–H groups in total. The van der Waals surface area contributed by atoms with E-state index in [0.717, 1.165) is 36.0 Å². The van der Waals surface area contributed by atoms with Crippen LogP contribution in [0.15, 0.2) is 0 Å². The van der Waals surface area contributed by atoms with Crippen molar-refractivity contribution in [1.29, 1.82) is 0 Å². The Balaban J connectivity index is 1.85. The standard InChI is InChI=1S/C15H24N4O3S/c1-3-23(20,21)19-6-4-13-12(2)16-15(17-14(13)5-7-19)18-8-10-22-11-9-18/h3-11H2,1-2H3. The quantitative estimate of drug-likeness (QED) is 0.791. The normalized spacial score (nSPS) is 20.2. The van der Waals surface area contributed by atoms with Gasteiger partial charge in [-0.15, -0.1) is 0 Å². The van der Waals surface area contributed by atoms with E-state index in [1.165, 1.54) is 0 Å². The van der Waals surface area contributed by atoms with Crippen molar-refractivity contribution >= 4 is 16.0 Å². The molecule has 1 aromatic heterocycles. The minimum atomic E-state index is -3.15. The summed E-state index contributed by atoms with van der Waals surface area (Å²) < 4.78 is 31.2. The van der Waals surface area contributed by atoms with E-state index < -0.39 is 10.0 Å². The predicted molar refractivity (Wildman–Crippen MR) is 88.2 cm³/mol. The molecular weight excluding hydrogens is 316 g/mol. The Morgan fingerprint density at radius 3 is 2.48 bits per heavy atom. The molecule has 128 valence electrons. The molecule has 0 radical (unpaired) electrons. The van der Waals surface area contributed by atoms with Crippen LogP contribution in [0.2, 0.25) is 0 Å². The van der Waals surface area contributed by atoms with Crippen molar-refractivity contribution in [2.75, 3.05) is 50.0 Å². The van der Waals surface area contributed by atoms with Crippen molar-refractivity contribution in [3.8, 4) is 0 Å². The van der Waals surface area contributed by atoms with Gasteiger partial charge in [0.15, 0.2) is 0 Å². The number of hydrogen-bond donors (Lipinski definition) is 0. The molecule has 1 aromatic rings. The molecule has 0 aliphatic carbocycles. The summed E-state index contributed by atoms with van der Waals surface area (Å²) in [5.41, 5.74) is 3.07. The molecule has 0 aromatic carbocycles. The molecule has 0 amide bonds. The van der Waals surface area contributed by atoms with Gasteiger partial charge >= 0.3 is 0 Å². The van der Waals surface area contributed by atoms with Crippen molar-refractivity contribution in [3.05, 3.63) is 17.0 Å². The summed E-state index contributed by atoms with van der Waals surface area (Å²) in [5.74, 6) is 0.892. The third-order valence-electron chi connectivity index (χ3n) is 4.55. The van der Waals surface area contributed by atoms with E-state index in [4.69, 9.17) is 9.72 Å². The zero-order valence-corrected chi connectivity index (χ0v) is 14.6. The van der Waals surface area contributed by atoms with Crippen LogP contribution in [0.4, 0.5) is 5.95 Å². The van der Waals surface area contributed by atoms with E-state index in [0.29, 0.717) is 39.1 Å². The number of sulfonamides is 1. The Bertz CT molecular complexity index is 672. The van der Waals surface area contributed by atoms with E-state index in [9.17, 15) is 8.42 Å². The summed E-state index contributed by atoms with van der Waals surface area (Å²) >= 11 is 0. The van der Waals surface area contributed by atoms with Crippen molar-refractivity contribution in [1.82, 2.24) is 14.3 Å². The summed E-state index contributed by atoms with van der Waals surface area (Å²) in [6, 6.07) is 0. The average molecular weight is 340 g/mol. The fraction of sp³-hybridized carbons (Fsp3) is 0.733. The Morgan fingerprint density at radius 2 is 1.78 bits per heavy atom. The van der Waals surface area contributed by atoms with Crippen LogP contribution in [0.5, 0.6) is 0 Å². The van der Waals surface area contributed by atoms with Gasteiger partial charge < -0.3 is 9.64 Å². The summed E-state index contributed by atoms with van der Waals surface area (Å²) in [6.07, 6.45) is 1.33. The lowest BCUT2D eigenvalue weighted by atomic mass is 10.1. The largest absolute Gasteiger partial charge is 0.378 e. The van der Waals surface area contributed by atoms with Crippen LogP contribution in [-0.2, 0) is 27.6 Å². The van der Waals surface area contributed by atoms with Crippen molar-refractivity contribution < 1.29 is 13.2 Å². The molecule has 23 heavy (non-hydrogen) atoms. The monoisotopic (exact) mass is 340 g/mol. The zero-order chi connectivity index (χ0) is 16.4. The van der Waals surface area contributed by atoms with Crippen LogP contribution < -0.4 is 4.90 Å². The highest BCUT2D eigenvalue weighted by molar-refractivity contribution is 7.89. The van der Waals surface area contributed by atoms with Gasteiger partial charge in [-0.25, -0.2) is 22.7 Å². The molecule has 7 nitrogen and oxygen atoms in total. The maximum absolute atomic E-state index is 12.1. The third-order valence-corrected chi connectivity index (χ3v) is 6.43. The van der Waals surface area contributed by atoms with E-state index >= 15 is 0 Å². The fourth-order valence-corrected chi connectivity index (χ4v) is 4.22. The van der Waals surface area contributed by atoms with E-state index in [2.05, 4.69) is 9.88 Å². The lowest BCUT2D eigenvalue weighted by molar-refractivity contribution is 0.122. The minimum Gasteiger partial charge on any atom is -0.378 e. The summed E-state index contributed by atoms with van der Waals surface area (Å²) in [5, 5.41) is 0. The lowest BCUT2D eigenvalue weighted by Crippen LogP contribution is -2.37. The maximum Gasteiger partial charge on any atom is 0.225 e. The first-order valence-electron chi connectivity index (χ1n) is 8.18. The van der Waals surface area contributed by atoms with Crippen molar-refractivity contribution in [3.63, 3.8) is 0 Å². The second kappa shape index (κ2) is 6.70. The molecule has 0 bridgehead atoms. The second-order valence-corrected chi connectivity index (χ2v) is 8.19.